The molecular weight excluding hydrogens is 378 g/mol. The highest BCUT2D eigenvalue weighted by Gasteiger charge is 2.22. The fraction of sp³-hybridized carbons (Fsp3) is 0.333. The monoisotopic (exact) mass is 407 g/mol. The van der Waals surface area contributed by atoms with E-state index in [4.69, 9.17) is 15.2 Å². The Balaban J connectivity index is 1.99. The molecule has 3 aromatic rings. The van der Waals surface area contributed by atoms with E-state index >= 15 is 0 Å². The fourth-order valence-corrected chi connectivity index (χ4v) is 3.74. The van der Waals surface area contributed by atoms with Gasteiger partial charge >= 0.3 is 6.09 Å². The van der Waals surface area contributed by atoms with Gasteiger partial charge < -0.3 is 15.2 Å². The molecule has 0 bridgehead atoms. The molecule has 30 heavy (non-hydrogen) atoms. The number of benzene rings is 2. The lowest BCUT2D eigenvalue weighted by Gasteiger charge is -2.27. The normalized spacial score (nSPS) is 13.1. The number of anilines is 1. The van der Waals surface area contributed by atoms with Crippen molar-refractivity contribution in [3.63, 3.8) is 0 Å². The van der Waals surface area contributed by atoms with Crippen molar-refractivity contribution in [2.45, 2.75) is 32.7 Å². The van der Waals surface area contributed by atoms with Crippen molar-refractivity contribution in [3.05, 3.63) is 54.7 Å². The van der Waals surface area contributed by atoms with Gasteiger partial charge in [0.25, 0.3) is 0 Å². The first-order valence-electron chi connectivity index (χ1n) is 10.0. The van der Waals surface area contributed by atoms with Crippen molar-refractivity contribution in [3.8, 4) is 16.9 Å². The Morgan fingerprint density at radius 1 is 1.10 bits per heavy atom. The van der Waals surface area contributed by atoms with Crippen LogP contribution in [0.4, 0.5) is 10.6 Å². The Kier molecular flexibility index (Phi) is 6.57. The maximum absolute atomic E-state index is 11.7. The van der Waals surface area contributed by atoms with Gasteiger partial charge in [-0.25, -0.2) is 9.78 Å². The zero-order chi connectivity index (χ0) is 21.7. The summed E-state index contributed by atoms with van der Waals surface area (Å²) in [5.74, 6) is 1.71. The summed E-state index contributed by atoms with van der Waals surface area (Å²) in [4.78, 5) is 16.0. The van der Waals surface area contributed by atoms with Crippen molar-refractivity contribution in [1.29, 1.82) is 0 Å². The molecular formula is C24H29N3O3. The van der Waals surface area contributed by atoms with Gasteiger partial charge in [0.05, 0.1) is 7.11 Å². The number of amides is 1. The van der Waals surface area contributed by atoms with Crippen LogP contribution in [0.2, 0.25) is 0 Å². The Morgan fingerprint density at radius 2 is 1.83 bits per heavy atom. The van der Waals surface area contributed by atoms with Crippen LogP contribution < -0.4 is 15.8 Å². The average Bonchev–Trinajstić information content (AvgIpc) is 2.71. The van der Waals surface area contributed by atoms with E-state index in [1.54, 1.807) is 6.20 Å². The predicted octanol–water partition coefficient (Wildman–Crippen LogP) is 5.22. The summed E-state index contributed by atoms with van der Waals surface area (Å²) in [6, 6.07) is 15.7. The fourth-order valence-electron chi connectivity index (χ4n) is 3.74. The summed E-state index contributed by atoms with van der Waals surface area (Å²) in [5.41, 5.74) is 7.76. The van der Waals surface area contributed by atoms with Gasteiger partial charge in [-0.05, 0) is 54.5 Å². The number of hydrogen-bond acceptors (Lipinski definition) is 5. The highest BCUT2D eigenvalue weighted by molar-refractivity contribution is 6.03. The third-order valence-electron chi connectivity index (χ3n) is 4.82. The van der Waals surface area contributed by atoms with Gasteiger partial charge in [-0.1, -0.05) is 38.1 Å². The second-order valence-corrected chi connectivity index (χ2v) is 8.21. The number of carbonyl (C=O) groups excluding carboxylic acids is 1. The van der Waals surface area contributed by atoms with Crippen LogP contribution in [-0.4, -0.2) is 30.3 Å². The Hall–Kier alpha value is -3.12. The molecule has 0 spiro atoms. The van der Waals surface area contributed by atoms with Gasteiger partial charge in [-0.2, -0.15) is 0 Å². The molecule has 1 amide bonds. The average molecular weight is 408 g/mol. The number of rotatable bonds is 7. The molecule has 0 saturated carbocycles. The Bertz CT molecular complexity index is 1030. The number of nitrogens with zero attached hydrogens (tertiary/aromatic N) is 1. The molecule has 0 aliphatic carbocycles. The molecule has 1 atom stereocenters. The van der Waals surface area contributed by atoms with Gasteiger partial charge in [0.2, 0.25) is 0 Å². The van der Waals surface area contributed by atoms with Crippen LogP contribution in [0.5, 0.6) is 5.75 Å². The van der Waals surface area contributed by atoms with Crippen LogP contribution in [-0.2, 0) is 4.74 Å². The van der Waals surface area contributed by atoms with Crippen LogP contribution in [0, 0.1) is 5.92 Å². The van der Waals surface area contributed by atoms with Gasteiger partial charge in [-0.3, -0.25) is 5.32 Å². The van der Waals surface area contributed by atoms with Crippen molar-refractivity contribution in [1.82, 2.24) is 4.98 Å². The lowest BCUT2D eigenvalue weighted by Crippen LogP contribution is -2.43. The SMILES string of the molecule is COC(=O)Nc1ncccc1-c1ccc(OC[C@@](C)(N)CC(C)C)c2ccccc12. The second kappa shape index (κ2) is 9.13. The zero-order valence-electron chi connectivity index (χ0n) is 17.9. The number of methoxy groups -OCH3 is 1. The van der Waals surface area contributed by atoms with E-state index < -0.39 is 11.6 Å². The zero-order valence-corrected chi connectivity index (χ0v) is 17.9. The van der Waals surface area contributed by atoms with Crippen LogP contribution in [0.25, 0.3) is 21.9 Å². The van der Waals surface area contributed by atoms with Crippen LogP contribution in [0.3, 0.4) is 0 Å². The minimum Gasteiger partial charge on any atom is -0.491 e. The number of aromatic nitrogens is 1. The molecule has 0 aliphatic rings. The van der Waals surface area contributed by atoms with Crippen molar-refractivity contribution < 1.29 is 14.3 Å². The number of fused-ring (bicyclic) bond motifs is 1. The lowest BCUT2D eigenvalue weighted by molar-refractivity contribution is 0.187. The van der Waals surface area contributed by atoms with Crippen molar-refractivity contribution in [2.24, 2.45) is 11.7 Å². The van der Waals surface area contributed by atoms with E-state index in [-0.39, 0.29) is 0 Å². The Morgan fingerprint density at radius 3 is 2.53 bits per heavy atom. The number of hydrogen-bond donors (Lipinski definition) is 2. The van der Waals surface area contributed by atoms with Gasteiger partial charge in [0, 0.05) is 22.7 Å². The largest absolute Gasteiger partial charge is 0.491 e. The molecule has 1 heterocycles. The number of nitrogens with two attached hydrogens (primary N) is 1. The van der Waals surface area contributed by atoms with Gasteiger partial charge in [-0.15, -0.1) is 0 Å². The molecule has 1 aromatic heterocycles. The first-order valence-corrected chi connectivity index (χ1v) is 10.0. The minimum absolute atomic E-state index is 0.408. The number of pyridine rings is 1. The number of ether oxygens (including phenoxy) is 2. The van der Waals surface area contributed by atoms with E-state index in [1.807, 2.05) is 55.5 Å². The molecule has 3 N–H and O–H groups in total. The van der Waals surface area contributed by atoms with Gasteiger partial charge in [0.15, 0.2) is 0 Å². The summed E-state index contributed by atoms with van der Waals surface area (Å²) in [6.45, 7) is 6.76. The summed E-state index contributed by atoms with van der Waals surface area (Å²) < 4.78 is 10.9. The van der Waals surface area contributed by atoms with Gasteiger partial charge in [0.1, 0.15) is 18.2 Å². The highest BCUT2D eigenvalue weighted by atomic mass is 16.5. The smallest absolute Gasteiger partial charge is 0.412 e. The molecule has 6 nitrogen and oxygen atoms in total. The third-order valence-corrected chi connectivity index (χ3v) is 4.82. The number of carbonyl (C=O) groups is 1. The maximum atomic E-state index is 11.7. The van der Waals surface area contributed by atoms with E-state index in [1.165, 1.54) is 7.11 Å². The van der Waals surface area contributed by atoms with Crippen LogP contribution in [0.15, 0.2) is 54.7 Å². The first kappa shape index (κ1) is 21.6. The van der Waals surface area contributed by atoms with E-state index in [0.29, 0.717) is 18.3 Å². The molecule has 3 rings (SSSR count). The van der Waals surface area contributed by atoms with E-state index in [0.717, 1.165) is 34.1 Å². The molecule has 6 heteroatoms. The second-order valence-electron chi connectivity index (χ2n) is 8.21. The summed E-state index contributed by atoms with van der Waals surface area (Å²) in [7, 11) is 1.32. The topological polar surface area (TPSA) is 86.5 Å². The Labute approximate surface area is 177 Å². The molecule has 0 radical (unpaired) electrons. The number of nitrogens with one attached hydrogen (secondary N) is 1. The van der Waals surface area contributed by atoms with E-state index in [9.17, 15) is 4.79 Å². The maximum Gasteiger partial charge on any atom is 0.412 e. The van der Waals surface area contributed by atoms with E-state index in [2.05, 4.69) is 24.1 Å². The standard InChI is InChI=1S/C24H29N3O3/c1-16(2)14-24(3,25)15-30-21-12-11-18(17-8-5-6-9-19(17)21)20-10-7-13-26-22(20)27-23(28)29-4/h5-13,16H,14-15,25H2,1-4H3,(H,26,27,28)/t24-/m0/s1. The molecule has 0 unspecified atom stereocenters. The minimum atomic E-state index is -0.563. The predicted molar refractivity (Wildman–Crippen MR) is 121 cm³/mol. The molecule has 0 aliphatic heterocycles. The first-order chi connectivity index (χ1) is 14.3. The van der Waals surface area contributed by atoms with Crippen LogP contribution in [0.1, 0.15) is 27.2 Å². The lowest BCUT2D eigenvalue weighted by atomic mass is 9.92. The third kappa shape index (κ3) is 5.07. The molecule has 0 fully saturated rings. The molecule has 2 aromatic carbocycles. The van der Waals surface area contributed by atoms with Crippen LogP contribution >= 0.6 is 0 Å². The highest BCUT2D eigenvalue weighted by Crippen LogP contribution is 2.37. The van der Waals surface area contributed by atoms with Crippen molar-refractivity contribution in [2.75, 3.05) is 19.0 Å². The summed E-state index contributed by atoms with van der Waals surface area (Å²) >= 11 is 0. The summed E-state index contributed by atoms with van der Waals surface area (Å²) in [6.07, 6.45) is 1.94. The quantitative estimate of drug-likeness (QED) is 0.560. The molecule has 158 valence electrons. The molecule has 0 saturated heterocycles. The summed E-state index contributed by atoms with van der Waals surface area (Å²) in [5, 5.41) is 4.65. The van der Waals surface area contributed by atoms with Crippen molar-refractivity contribution >= 4 is 22.7 Å².